The van der Waals surface area contributed by atoms with Gasteiger partial charge in [-0.3, -0.25) is 9.69 Å². The van der Waals surface area contributed by atoms with Crippen LogP contribution >= 0.6 is 0 Å². The highest BCUT2D eigenvalue weighted by Gasteiger charge is 2.90. The Kier molecular flexibility index (Phi) is 3.32. The second-order valence-electron chi connectivity index (χ2n) is 8.50. The summed E-state index contributed by atoms with van der Waals surface area (Å²) in [5, 5.41) is 2.70. The van der Waals surface area contributed by atoms with Crippen molar-refractivity contribution in [2.24, 2.45) is 11.8 Å². The monoisotopic (exact) mass is 390 g/mol. The normalized spacial score (nSPS) is 33.3. The number of benzene rings is 1. The van der Waals surface area contributed by atoms with Crippen molar-refractivity contribution < 1.29 is 14.3 Å². The lowest BCUT2D eigenvalue weighted by atomic mass is 9.88. The fourth-order valence-electron chi connectivity index (χ4n) is 5.55. The summed E-state index contributed by atoms with van der Waals surface area (Å²) in [6.45, 7) is 3.27. The molecule has 1 aromatic carbocycles. The first-order valence-electron chi connectivity index (χ1n) is 10.1. The summed E-state index contributed by atoms with van der Waals surface area (Å²) in [5.74, 6) is 2.44. The molecule has 5 aliphatic rings. The van der Waals surface area contributed by atoms with Gasteiger partial charge in [-0.15, -0.1) is 0 Å². The SMILES string of the molecule is CC(=O)NCC1CN(c2ccc(C34CN(c5ccccn5)C5C3C54)cc2)C(=O)O1. The van der Waals surface area contributed by atoms with E-state index >= 15 is 0 Å². The third kappa shape index (κ3) is 2.33. The largest absolute Gasteiger partial charge is 0.442 e. The maximum Gasteiger partial charge on any atom is 0.414 e. The van der Waals surface area contributed by atoms with Gasteiger partial charge >= 0.3 is 6.09 Å². The van der Waals surface area contributed by atoms with Crippen molar-refractivity contribution in [3.8, 4) is 0 Å². The number of carbonyl (C=O) groups is 2. The molecule has 29 heavy (non-hydrogen) atoms. The van der Waals surface area contributed by atoms with E-state index in [1.54, 1.807) is 4.90 Å². The van der Waals surface area contributed by atoms with Crippen LogP contribution in [0.25, 0.3) is 0 Å². The van der Waals surface area contributed by atoms with Crippen molar-refractivity contribution in [3.05, 3.63) is 54.2 Å². The van der Waals surface area contributed by atoms with Crippen LogP contribution in [-0.2, 0) is 14.9 Å². The highest BCUT2D eigenvalue weighted by atomic mass is 16.6. The highest BCUT2D eigenvalue weighted by Crippen LogP contribution is 2.84. The van der Waals surface area contributed by atoms with Crippen LogP contribution in [0.2, 0.25) is 0 Å². The van der Waals surface area contributed by atoms with E-state index in [4.69, 9.17) is 4.74 Å². The van der Waals surface area contributed by atoms with E-state index < -0.39 is 0 Å². The number of nitrogens with one attached hydrogen (secondary N) is 1. The summed E-state index contributed by atoms with van der Waals surface area (Å²) in [6, 6.07) is 15.1. The molecule has 0 radical (unpaired) electrons. The molecule has 0 spiro atoms. The molecule has 148 valence electrons. The molecular weight excluding hydrogens is 368 g/mol. The van der Waals surface area contributed by atoms with Crippen molar-refractivity contribution in [2.75, 3.05) is 29.4 Å². The predicted octanol–water partition coefficient (Wildman–Crippen LogP) is 1.93. The van der Waals surface area contributed by atoms with Crippen LogP contribution in [0.4, 0.5) is 16.3 Å². The zero-order valence-electron chi connectivity index (χ0n) is 16.1. The minimum absolute atomic E-state index is 0.124. The van der Waals surface area contributed by atoms with Crippen LogP contribution in [0.15, 0.2) is 48.7 Å². The van der Waals surface area contributed by atoms with E-state index in [1.165, 1.54) is 12.5 Å². The van der Waals surface area contributed by atoms with E-state index in [1.807, 2.05) is 30.5 Å². The van der Waals surface area contributed by atoms with Crippen molar-refractivity contribution in [3.63, 3.8) is 0 Å². The lowest BCUT2D eigenvalue weighted by Crippen LogP contribution is -2.33. The smallest absolute Gasteiger partial charge is 0.414 e. The van der Waals surface area contributed by atoms with Gasteiger partial charge in [0.15, 0.2) is 0 Å². The number of amides is 2. The zero-order chi connectivity index (χ0) is 19.8. The topological polar surface area (TPSA) is 74.8 Å². The molecule has 1 aromatic heterocycles. The van der Waals surface area contributed by atoms with Gasteiger partial charge in [0.25, 0.3) is 0 Å². The van der Waals surface area contributed by atoms with Gasteiger partial charge in [0.2, 0.25) is 5.91 Å². The molecule has 1 N–H and O–H groups in total. The summed E-state index contributed by atoms with van der Waals surface area (Å²) < 4.78 is 5.36. The Morgan fingerprint density at radius 1 is 1.24 bits per heavy atom. The van der Waals surface area contributed by atoms with E-state index in [2.05, 4.69) is 33.4 Å². The van der Waals surface area contributed by atoms with Crippen molar-refractivity contribution in [1.82, 2.24) is 10.3 Å². The summed E-state index contributed by atoms with van der Waals surface area (Å²) >= 11 is 0. The number of hydrogen-bond acceptors (Lipinski definition) is 5. The molecule has 2 aliphatic carbocycles. The van der Waals surface area contributed by atoms with Gasteiger partial charge in [-0.05, 0) is 41.7 Å². The van der Waals surface area contributed by atoms with Gasteiger partial charge in [0.1, 0.15) is 11.9 Å². The van der Waals surface area contributed by atoms with Gasteiger partial charge in [-0.1, -0.05) is 18.2 Å². The number of piperidine rings is 1. The van der Waals surface area contributed by atoms with E-state index in [0.29, 0.717) is 19.1 Å². The summed E-state index contributed by atoms with van der Waals surface area (Å²) in [4.78, 5) is 31.9. The Hall–Kier alpha value is -3.09. The van der Waals surface area contributed by atoms with Gasteiger partial charge in [-0.2, -0.15) is 0 Å². The van der Waals surface area contributed by atoms with Crippen LogP contribution in [0.1, 0.15) is 12.5 Å². The molecule has 2 aromatic rings. The van der Waals surface area contributed by atoms with Crippen LogP contribution in [-0.4, -0.2) is 48.8 Å². The second-order valence-corrected chi connectivity index (χ2v) is 8.50. The maximum absolute atomic E-state index is 12.2. The summed E-state index contributed by atoms with van der Waals surface area (Å²) in [6.07, 6.45) is 1.18. The van der Waals surface area contributed by atoms with E-state index in [0.717, 1.165) is 29.9 Å². The third-order valence-corrected chi connectivity index (χ3v) is 6.97. The average Bonchev–Trinajstić information content (AvgIpc) is 3.46. The number of aromatic nitrogens is 1. The fraction of sp³-hybridized carbons (Fsp3) is 0.409. The molecule has 5 fully saturated rings. The molecule has 2 bridgehead atoms. The first kappa shape index (κ1) is 16.8. The molecule has 4 heterocycles. The number of cyclic esters (lactones) is 1. The van der Waals surface area contributed by atoms with Crippen molar-refractivity contribution in [1.29, 1.82) is 0 Å². The van der Waals surface area contributed by atoms with Crippen LogP contribution in [0.5, 0.6) is 0 Å². The zero-order valence-corrected chi connectivity index (χ0v) is 16.1. The number of rotatable bonds is 5. The molecule has 7 rings (SSSR count). The molecule has 3 saturated heterocycles. The lowest BCUT2D eigenvalue weighted by Gasteiger charge is -2.18. The Morgan fingerprint density at radius 2 is 2.03 bits per heavy atom. The van der Waals surface area contributed by atoms with Crippen molar-refractivity contribution in [2.45, 2.75) is 24.5 Å². The quantitative estimate of drug-likeness (QED) is 0.844. The first-order valence-corrected chi connectivity index (χ1v) is 10.1. The molecule has 3 aliphatic heterocycles. The molecule has 2 amide bonds. The van der Waals surface area contributed by atoms with Gasteiger partial charge in [-0.25, -0.2) is 9.78 Å². The van der Waals surface area contributed by atoms with Crippen molar-refractivity contribution >= 4 is 23.5 Å². The molecule has 7 nitrogen and oxygen atoms in total. The minimum Gasteiger partial charge on any atom is -0.442 e. The van der Waals surface area contributed by atoms with Crippen LogP contribution in [0, 0.1) is 11.8 Å². The minimum atomic E-state index is -0.359. The Balaban J connectivity index is 1.16. The Bertz CT molecular complexity index is 983. The average molecular weight is 390 g/mol. The molecule has 2 saturated carbocycles. The van der Waals surface area contributed by atoms with Gasteiger partial charge in [0.05, 0.1) is 13.1 Å². The predicted molar refractivity (Wildman–Crippen MR) is 107 cm³/mol. The first-order chi connectivity index (χ1) is 14.1. The van der Waals surface area contributed by atoms with Gasteiger partial charge in [0, 0.05) is 36.8 Å². The number of ether oxygens (including phenoxy) is 1. The van der Waals surface area contributed by atoms with E-state index in [-0.39, 0.29) is 23.5 Å². The number of fused-ring (bicyclic) bond motifs is 1. The Labute approximate surface area is 168 Å². The fourth-order valence-corrected chi connectivity index (χ4v) is 5.55. The second kappa shape index (κ2) is 5.72. The number of anilines is 2. The lowest BCUT2D eigenvalue weighted by molar-refractivity contribution is -0.119. The van der Waals surface area contributed by atoms with E-state index in [9.17, 15) is 9.59 Å². The molecule has 3 unspecified atom stereocenters. The number of carbonyl (C=O) groups excluding carboxylic acids is 2. The number of hydrogen-bond donors (Lipinski definition) is 1. The van der Waals surface area contributed by atoms with Crippen LogP contribution in [0.3, 0.4) is 0 Å². The molecule has 7 heteroatoms. The third-order valence-electron chi connectivity index (χ3n) is 6.97. The van der Waals surface area contributed by atoms with Crippen LogP contribution < -0.4 is 15.1 Å². The maximum atomic E-state index is 12.2. The number of nitrogens with zero attached hydrogens (tertiary/aromatic N) is 3. The van der Waals surface area contributed by atoms with Gasteiger partial charge < -0.3 is 15.0 Å². The summed E-state index contributed by atoms with van der Waals surface area (Å²) in [5.41, 5.74) is 2.46. The standard InChI is InChI=1S/C22H22N4O3/c1-13(27)24-10-16-11-25(21(28)29-16)15-7-5-14(6-8-15)22-12-26(20-18(22)19(20)22)17-4-2-3-9-23-17/h2-9,16,18-20H,10-12H2,1H3,(H,24,27). The summed E-state index contributed by atoms with van der Waals surface area (Å²) in [7, 11) is 0. The number of pyridine rings is 1. The molecular formula is C22H22N4O3. The Morgan fingerprint density at radius 3 is 2.72 bits per heavy atom. The molecule has 3 atom stereocenters. The highest BCUT2D eigenvalue weighted by molar-refractivity contribution is 5.90.